The van der Waals surface area contributed by atoms with Crippen LogP contribution in [0.1, 0.15) is 5.56 Å². The zero-order chi connectivity index (χ0) is 17.9. The van der Waals surface area contributed by atoms with E-state index in [4.69, 9.17) is 4.74 Å². The van der Waals surface area contributed by atoms with Crippen molar-refractivity contribution in [3.8, 4) is 22.9 Å². The van der Waals surface area contributed by atoms with Gasteiger partial charge in [0.1, 0.15) is 11.8 Å². The van der Waals surface area contributed by atoms with Crippen LogP contribution in [0.2, 0.25) is 0 Å². The Hall–Kier alpha value is -3.84. The van der Waals surface area contributed by atoms with Gasteiger partial charge < -0.3 is 10.1 Å². The van der Waals surface area contributed by atoms with Crippen molar-refractivity contribution in [2.45, 2.75) is 0 Å². The van der Waals surface area contributed by atoms with E-state index in [1.807, 2.05) is 60.7 Å². The number of hydrogen-bond donors (Lipinski definition) is 1. The van der Waals surface area contributed by atoms with Crippen LogP contribution in [0, 0.1) is 11.3 Å². The predicted molar refractivity (Wildman–Crippen MR) is 100 cm³/mol. The van der Waals surface area contributed by atoms with E-state index < -0.39 is 5.97 Å². The van der Waals surface area contributed by atoms with Gasteiger partial charge in [-0.05, 0) is 23.8 Å². The lowest BCUT2D eigenvalue weighted by Crippen LogP contribution is -2.17. The van der Waals surface area contributed by atoms with E-state index in [-0.39, 0.29) is 5.57 Å². The maximum absolute atomic E-state index is 12.6. The number of hydrogen-bond acceptors (Lipinski definition) is 4. The zero-order valence-corrected chi connectivity index (χ0v) is 13.8. The molecule has 0 fully saturated rings. The molecule has 1 aliphatic rings. The van der Waals surface area contributed by atoms with Crippen molar-refractivity contribution < 1.29 is 9.53 Å². The van der Waals surface area contributed by atoms with Gasteiger partial charge in [-0.1, -0.05) is 60.7 Å². The summed E-state index contributed by atoms with van der Waals surface area (Å²) in [7, 11) is 0. The highest BCUT2D eigenvalue weighted by Gasteiger charge is 2.25. The Morgan fingerprint density at radius 1 is 0.808 bits per heavy atom. The number of benzene rings is 3. The zero-order valence-electron chi connectivity index (χ0n) is 13.8. The molecule has 1 heterocycles. The molecular formula is C22H14N2O2. The molecule has 0 atom stereocenters. The van der Waals surface area contributed by atoms with Gasteiger partial charge in [-0.15, -0.1) is 0 Å². The summed E-state index contributed by atoms with van der Waals surface area (Å²) in [5.74, 6) is -0.286. The fraction of sp³-hybridized carbons (Fsp3) is 0. The second-order valence-electron chi connectivity index (χ2n) is 5.78. The van der Waals surface area contributed by atoms with Crippen LogP contribution in [0.4, 0.5) is 5.69 Å². The van der Waals surface area contributed by atoms with E-state index in [2.05, 4.69) is 5.32 Å². The highest BCUT2D eigenvalue weighted by Crippen LogP contribution is 2.40. The topological polar surface area (TPSA) is 62.1 Å². The predicted octanol–water partition coefficient (Wildman–Crippen LogP) is 4.62. The van der Waals surface area contributed by atoms with Crippen LogP contribution >= 0.6 is 0 Å². The summed E-state index contributed by atoms with van der Waals surface area (Å²) >= 11 is 0. The third-order valence-electron chi connectivity index (χ3n) is 4.19. The molecule has 26 heavy (non-hydrogen) atoms. The number of esters is 1. The van der Waals surface area contributed by atoms with Gasteiger partial charge in [0.25, 0.3) is 0 Å². The minimum absolute atomic E-state index is 0.0594. The van der Waals surface area contributed by atoms with Gasteiger partial charge in [-0.25, -0.2) is 4.79 Å². The Balaban J connectivity index is 1.82. The molecule has 4 heteroatoms. The van der Waals surface area contributed by atoms with E-state index in [0.29, 0.717) is 11.4 Å². The molecule has 0 spiro atoms. The lowest BCUT2D eigenvalue weighted by molar-refractivity contribution is -0.129. The number of anilines is 1. The van der Waals surface area contributed by atoms with Crippen LogP contribution in [-0.4, -0.2) is 5.97 Å². The quantitative estimate of drug-likeness (QED) is 0.320. The molecule has 0 aliphatic carbocycles. The van der Waals surface area contributed by atoms with E-state index in [1.165, 1.54) is 0 Å². The van der Waals surface area contributed by atoms with Gasteiger partial charge in [-0.3, -0.25) is 0 Å². The van der Waals surface area contributed by atoms with Gasteiger partial charge in [0.05, 0.1) is 5.70 Å². The first kappa shape index (κ1) is 15.7. The van der Waals surface area contributed by atoms with Gasteiger partial charge in [-0.2, -0.15) is 5.26 Å². The Kier molecular flexibility index (Phi) is 3.97. The minimum atomic E-state index is -0.685. The summed E-state index contributed by atoms with van der Waals surface area (Å²) in [5, 5.41) is 12.9. The third kappa shape index (κ3) is 2.72. The normalized spacial score (nSPS) is 13.5. The highest BCUT2D eigenvalue weighted by atomic mass is 16.5. The summed E-state index contributed by atoms with van der Waals surface area (Å²) in [4.78, 5) is 12.6. The van der Waals surface area contributed by atoms with E-state index in [0.717, 1.165) is 22.4 Å². The lowest BCUT2D eigenvalue weighted by Gasteiger charge is -2.24. The second-order valence-corrected chi connectivity index (χ2v) is 5.78. The molecule has 4 rings (SSSR count). The fourth-order valence-electron chi connectivity index (χ4n) is 3.01. The molecule has 3 aromatic carbocycles. The SMILES string of the molecule is N#C/C(C(=O)Oc1ccccc1)=C1/Nc2ccccc2-c2ccccc21. The average Bonchev–Trinajstić information content (AvgIpc) is 2.69. The van der Waals surface area contributed by atoms with Crippen LogP contribution in [0.15, 0.2) is 84.4 Å². The van der Waals surface area contributed by atoms with Gasteiger partial charge >= 0.3 is 5.97 Å². The first-order valence-electron chi connectivity index (χ1n) is 8.15. The molecule has 0 aromatic heterocycles. The molecule has 4 nitrogen and oxygen atoms in total. The van der Waals surface area contributed by atoms with Crippen molar-refractivity contribution in [2.75, 3.05) is 5.32 Å². The molecule has 124 valence electrons. The monoisotopic (exact) mass is 338 g/mol. The number of fused-ring (bicyclic) bond motifs is 3. The summed E-state index contributed by atoms with van der Waals surface area (Å²) in [6.07, 6.45) is 0. The van der Waals surface area contributed by atoms with Gasteiger partial charge in [0, 0.05) is 16.8 Å². The maximum atomic E-state index is 12.6. The molecule has 0 saturated carbocycles. The smallest absolute Gasteiger partial charge is 0.356 e. The van der Waals surface area contributed by atoms with E-state index in [1.54, 1.807) is 24.3 Å². The van der Waals surface area contributed by atoms with Gasteiger partial charge in [0.15, 0.2) is 5.57 Å². The van der Waals surface area contributed by atoms with Crippen molar-refractivity contribution in [3.63, 3.8) is 0 Å². The number of para-hydroxylation sites is 2. The van der Waals surface area contributed by atoms with Crippen molar-refractivity contribution in [1.82, 2.24) is 0 Å². The van der Waals surface area contributed by atoms with E-state index in [9.17, 15) is 10.1 Å². The Labute approximate surface area is 151 Å². The third-order valence-corrected chi connectivity index (χ3v) is 4.19. The number of nitrogens with zero attached hydrogens (tertiary/aromatic N) is 1. The Bertz CT molecular complexity index is 1060. The summed E-state index contributed by atoms with van der Waals surface area (Å²) in [5.41, 5.74) is 4.05. The number of ether oxygens (including phenoxy) is 1. The Morgan fingerprint density at radius 3 is 2.15 bits per heavy atom. The number of nitrogens with one attached hydrogen (secondary N) is 1. The van der Waals surface area contributed by atoms with Crippen LogP contribution in [0.5, 0.6) is 5.75 Å². The number of carbonyl (C=O) groups is 1. The molecule has 0 amide bonds. The maximum Gasteiger partial charge on any atom is 0.356 e. The number of rotatable bonds is 2. The fourth-order valence-corrected chi connectivity index (χ4v) is 3.01. The van der Waals surface area contributed by atoms with Crippen molar-refractivity contribution >= 4 is 17.4 Å². The molecular weight excluding hydrogens is 324 g/mol. The number of nitriles is 1. The molecule has 3 aromatic rings. The first-order valence-corrected chi connectivity index (χ1v) is 8.15. The molecule has 0 unspecified atom stereocenters. The molecule has 0 radical (unpaired) electrons. The van der Waals surface area contributed by atoms with Crippen molar-refractivity contribution in [3.05, 3.63) is 90.0 Å². The van der Waals surface area contributed by atoms with Crippen LogP contribution < -0.4 is 10.1 Å². The molecule has 1 N–H and O–H groups in total. The average molecular weight is 338 g/mol. The largest absolute Gasteiger partial charge is 0.422 e. The van der Waals surface area contributed by atoms with Gasteiger partial charge in [0.2, 0.25) is 0 Å². The molecule has 1 aliphatic heterocycles. The lowest BCUT2D eigenvalue weighted by atomic mass is 9.91. The van der Waals surface area contributed by atoms with Crippen LogP contribution in [0.3, 0.4) is 0 Å². The van der Waals surface area contributed by atoms with E-state index >= 15 is 0 Å². The minimum Gasteiger partial charge on any atom is -0.422 e. The second kappa shape index (κ2) is 6.58. The summed E-state index contributed by atoms with van der Waals surface area (Å²) < 4.78 is 5.36. The summed E-state index contributed by atoms with van der Waals surface area (Å²) in [6.45, 7) is 0. The van der Waals surface area contributed by atoms with Crippen LogP contribution in [-0.2, 0) is 4.79 Å². The molecule has 0 bridgehead atoms. The highest BCUT2D eigenvalue weighted by molar-refractivity contribution is 6.09. The van der Waals surface area contributed by atoms with Crippen molar-refractivity contribution in [2.24, 2.45) is 0 Å². The first-order chi connectivity index (χ1) is 12.8. The molecule has 0 saturated heterocycles. The standard InChI is InChI=1S/C22H14N2O2/c23-14-19(22(25)26-15-8-2-1-3-9-15)21-18-12-5-4-10-16(18)17-11-6-7-13-20(17)24-21/h1-13,24H/b21-19-. The number of carbonyl (C=O) groups excluding carboxylic acids is 1. The van der Waals surface area contributed by atoms with Crippen molar-refractivity contribution in [1.29, 1.82) is 5.26 Å². The van der Waals surface area contributed by atoms with Crippen LogP contribution in [0.25, 0.3) is 16.8 Å². The Morgan fingerprint density at radius 2 is 1.42 bits per heavy atom. The summed E-state index contributed by atoms with van der Waals surface area (Å²) in [6, 6.07) is 26.2.